The summed E-state index contributed by atoms with van der Waals surface area (Å²) in [5.74, 6) is 1.84. The van der Waals surface area contributed by atoms with Crippen molar-refractivity contribution in [3.63, 3.8) is 0 Å². The maximum Gasteiger partial charge on any atom is 0.224 e. The minimum atomic E-state index is 0.0280. The molecule has 1 aliphatic heterocycles. The molecular formula is C20H25N3O. The van der Waals surface area contributed by atoms with Crippen molar-refractivity contribution in [3.05, 3.63) is 54.2 Å². The number of aryl methyl sites for hydroxylation is 1. The number of nitrogens with one attached hydrogen (secondary N) is 1. The zero-order chi connectivity index (χ0) is 16.8. The Morgan fingerprint density at radius 1 is 1.17 bits per heavy atom. The first-order chi connectivity index (χ1) is 11.7. The number of carbonyl (C=O) groups is 1. The fourth-order valence-corrected chi connectivity index (χ4v) is 3.01. The lowest BCUT2D eigenvalue weighted by Gasteiger charge is -2.31. The summed E-state index contributed by atoms with van der Waals surface area (Å²) in [7, 11) is 0. The number of pyridine rings is 1. The second kappa shape index (κ2) is 7.95. The van der Waals surface area contributed by atoms with Crippen LogP contribution in [0.15, 0.2) is 48.7 Å². The summed E-state index contributed by atoms with van der Waals surface area (Å²) < 4.78 is 0. The molecular weight excluding hydrogens is 298 g/mol. The van der Waals surface area contributed by atoms with Gasteiger partial charge in [0.05, 0.1) is 11.9 Å². The first-order valence-electron chi connectivity index (χ1n) is 8.75. The minimum Gasteiger partial charge on any atom is -0.357 e. The molecule has 2 heterocycles. The predicted octanol–water partition coefficient (Wildman–Crippen LogP) is 3.89. The Morgan fingerprint density at radius 2 is 1.92 bits per heavy atom. The Hall–Kier alpha value is -2.36. The molecule has 1 saturated heterocycles. The van der Waals surface area contributed by atoms with Crippen LogP contribution in [0, 0.1) is 5.92 Å². The van der Waals surface area contributed by atoms with Crippen molar-refractivity contribution in [3.8, 4) is 0 Å². The van der Waals surface area contributed by atoms with Crippen LogP contribution < -0.4 is 10.2 Å². The van der Waals surface area contributed by atoms with Gasteiger partial charge in [-0.1, -0.05) is 37.3 Å². The van der Waals surface area contributed by atoms with Gasteiger partial charge in [-0.15, -0.1) is 0 Å². The molecule has 0 bridgehead atoms. The number of hydrogen-bond acceptors (Lipinski definition) is 3. The fraction of sp³-hybridized carbons (Fsp3) is 0.400. The summed E-state index contributed by atoms with van der Waals surface area (Å²) in [5.41, 5.74) is 1.95. The van der Waals surface area contributed by atoms with Gasteiger partial charge in [0.1, 0.15) is 5.82 Å². The van der Waals surface area contributed by atoms with Gasteiger partial charge < -0.3 is 10.2 Å². The molecule has 0 atom stereocenters. The van der Waals surface area contributed by atoms with E-state index in [9.17, 15) is 4.79 Å². The first kappa shape index (κ1) is 16.5. The smallest absolute Gasteiger partial charge is 0.224 e. The van der Waals surface area contributed by atoms with Crippen LogP contribution >= 0.6 is 0 Å². The Morgan fingerprint density at radius 3 is 2.58 bits per heavy atom. The largest absolute Gasteiger partial charge is 0.357 e. The van der Waals surface area contributed by atoms with E-state index in [4.69, 9.17) is 0 Å². The zero-order valence-electron chi connectivity index (χ0n) is 14.2. The summed E-state index contributed by atoms with van der Waals surface area (Å²) >= 11 is 0. The number of hydrogen-bond donors (Lipinski definition) is 1. The zero-order valence-corrected chi connectivity index (χ0v) is 14.2. The summed E-state index contributed by atoms with van der Waals surface area (Å²) in [6.07, 6.45) is 5.44. The van der Waals surface area contributed by atoms with Crippen molar-refractivity contribution in [2.24, 2.45) is 5.92 Å². The molecule has 1 amide bonds. The Balaban J connectivity index is 1.49. The summed E-state index contributed by atoms with van der Waals surface area (Å²) in [6, 6.07) is 14.0. The number of carbonyl (C=O) groups excluding carboxylic acids is 1. The Bertz CT molecular complexity index is 646. The second-order valence-electron chi connectivity index (χ2n) is 6.61. The Labute approximate surface area is 143 Å². The van der Waals surface area contributed by atoms with E-state index in [1.165, 1.54) is 18.4 Å². The molecule has 3 rings (SSSR count). The SMILES string of the molecule is CC1CCN(c2ccc(NC(=O)CCc3ccccc3)cn2)CC1. The van der Waals surface area contributed by atoms with Crippen LogP contribution in [0.2, 0.25) is 0 Å². The third-order valence-corrected chi connectivity index (χ3v) is 4.62. The highest BCUT2D eigenvalue weighted by atomic mass is 16.1. The number of amides is 1. The number of benzene rings is 1. The lowest BCUT2D eigenvalue weighted by Crippen LogP contribution is -2.33. The maximum atomic E-state index is 12.1. The van der Waals surface area contributed by atoms with E-state index in [-0.39, 0.29) is 5.91 Å². The fourth-order valence-electron chi connectivity index (χ4n) is 3.01. The summed E-state index contributed by atoms with van der Waals surface area (Å²) in [4.78, 5) is 18.9. The molecule has 2 aromatic rings. The van der Waals surface area contributed by atoms with E-state index in [1.807, 2.05) is 42.5 Å². The van der Waals surface area contributed by atoms with Gasteiger partial charge in [0.25, 0.3) is 0 Å². The molecule has 126 valence electrons. The molecule has 1 aromatic heterocycles. The van der Waals surface area contributed by atoms with Crippen molar-refractivity contribution in [2.45, 2.75) is 32.6 Å². The van der Waals surface area contributed by atoms with Gasteiger partial charge in [-0.25, -0.2) is 4.98 Å². The molecule has 1 N–H and O–H groups in total. The number of aromatic nitrogens is 1. The van der Waals surface area contributed by atoms with E-state index in [0.29, 0.717) is 6.42 Å². The monoisotopic (exact) mass is 323 g/mol. The number of anilines is 2. The molecule has 1 aromatic carbocycles. The van der Waals surface area contributed by atoms with Crippen LogP contribution in [0.25, 0.3) is 0 Å². The third kappa shape index (κ3) is 4.57. The van der Waals surface area contributed by atoms with E-state index < -0.39 is 0 Å². The van der Waals surface area contributed by atoms with E-state index >= 15 is 0 Å². The molecule has 0 saturated carbocycles. The van der Waals surface area contributed by atoms with Crippen LogP contribution in [-0.2, 0) is 11.2 Å². The second-order valence-corrected chi connectivity index (χ2v) is 6.61. The standard InChI is InChI=1S/C20H25N3O/c1-16-11-13-23(14-12-16)19-9-8-18(15-21-19)22-20(24)10-7-17-5-3-2-4-6-17/h2-6,8-9,15-16H,7,10-14H2,1H3,(H,22,24). The van der Waals surface area contributed by atoms with Crippen molar-refractivity contribution in [1.82, 2.24) is 4.98 Å². The van der Waals surface area contributed by atoms with Crippen molar-refractivity contribution < 1.29 is 4.79 Å². The van der Waals surface area contributed by atoms with Gasteiger partial charge in [-0.05, 0) is 42.9 Å². The highest BCUT2D eigenvalue weighted by Gasteiger charge is 2.16. The number of piperidine rings is 1. The van der Waals surface area contributed by atoms with Crippen LogP contribution in [0.5, 0.6) is 0 Å². The van der Waals surface area contributed by atoms with E-state index in [2.05, 4.69) is 22.1 Å². The van der Waals surface area contributed by atoms with Gasteiger partial charge in [0, 0.05) is 19.5 Å². The maximum absolute atomic E-state index is 12.1. The number of nitrogens with zero attached hydrogens (tertiary/aromatic N) is 2. The average Bonchev–Trinajstić information content (AvgIpc) is 2.62. The lowest BCUT2D eigenvalue weighted by atomic mass is 9.99. The normalized spacial score (nSPS) is 15.3. The molecule has 1 fully saturated rings. The summed E-state index contributed by atoms with van der Waals surface area (Å²) in [5, 5.41) is 2.93. The van der Waals surface area contributed by atoms with E-state index in [1.54, 1.807) is 6.20 Å². The summed E-state index contributed by atoms with van der Waals surface area (Å²) in [6.45, 7) is 4.44. The lowest BCUT2D eigenvalue weighted by molar-refractivity contribution is -0.116. The van der Waals surface area contributed by atoms with Gasteiger partial charge in [-0.2, -0.15) is 0 Å². The predicted molar refractivity (Wildman–Crippen MR) is 98.2 cm³/mol. The van der Waals surface area contributed by atoms with Gasteiger partial charge in [0.2, 0.25) is 5.91 Å². The van der Waals surface area contributed by atoms with Crippen LogP contribution in [0.3, 0.4) is 0 Å². The highest BCUT2D eigenvalue weighted by molar-refractivity contribution is 5.90. The van der Waals surface area contributed by atoms with Gasteiger partial charge in [0.15, 0.2) is 0 Å². The molecule has 0 aliphatic carbocycles. The van der Waals surface area contributed by atoms with Crippen molar-refractivity contribution >= 4 is 17.4 Å². The molecule has 4 nitrogen and oxygen atoms in total. The highest BCUT2D eigenvalue weighted by Crippen LogP contribution is 2.22. The van der Waals surface area contributed by atoms with Crippen LogP contribution in [0.4, 0.5) is 11.5 Å². The minimum absolute atomic E-state index is 0.0280. The third-order valence-electron chi connectivity index (χ3n) is 4.62. The molecule has 24 heavy (non-hydrogen) atoms. The Kier molecular flexibility index (Phi) is 5.47. The molecule has 4 heteroatoms. The van der Waals surface area contributed by atoms with Gasteiger partial charge >= 0.3 is 0 Å². The van der Waals surface area contributed by atoms with Gasteiger partial charge in [-0.3, -0.25) is 4.79 Å². The van der Waals surface area contributed by atoms with E-state index in [0.717, 1.165) is 36.9 Å². The average molecular weight is 323 g/mol. The van der Waals surface area contributed by atoms with Crippen molar-refractivity contribution in [1.29, 1.82) is 0 Å². The van der Waals surface area contributed by atoms with Crippen LogP contribution in [-0.4, -0.2) is 24.0 Å². The topological polar surface area (TPSA) is 45.2 Å². The molecule has 0 radical (unpaired) electrons. The first-order valence-corrected chi connectivity index (χ1v) is 8.75. The van der Waals surface area contributed by atoms with Crippen molar-refractivity contribution in [2.75, 3.05) is 23.3 Å². The molecule has 0 spiro atoms. The van der Waals surface area contributed by atoms with Crippen LogP contribution in [0.1, 0.15) is 31.7 Å². The quantitative estimate of drug-likeness (QED) is 0.908. The molecule has 0 unspecified atom stereocenters. The number of rotatable bonds is 5. The molecule has 1 aliphatic rings.